The predicted molar refractivity (Wildman–Crippen MR) is 72.4 cm³/mol. The maximum Gasteiger partial charge on any atom is 0.0934 e. The SMILES string of the molecule is Clc1ccc(/C=C/c2ccccc2Br)s1. The number of rotatable bonds is 2. The van der Waals surface area contributed by atoms with Gasteiger partial charge < -0.3 is 0 Å². The summed E-state index contributed by atoms with van der Waals surface area (Å²) in [4.78, 5) is 1.16. The highest BCUT2D eigenvalue weighted by atomic mass is 79.9. The highest BCUT2D eigenvalue weighted by Gasteiger charge is 1.95. The molecule has 2 rings (SSSR count). The van der Waals surface area contributed by atoms with Gasteiger partial charge in [-0.15, -0.1) is 11.3 Å². The van der Waals surface area contributed by atoms with Crippen LogP contribution in [-0.4, -0.2) is 0 Å². The van der Waals surface area contributed by atoms with E-state index in [0.717, 1.165) is 13.7 Å². The van der Waals surface area contributed by atoms with Gasteiger partial charge in [-0.3, -0.25) is 0 Å². The molecule has 0 saturated heterocycles. The molecule has 0 unspecified atom stereocenters. The minimum absolute atomic E-state index is 0.821. The average Bonchev–Trinajstić information content (AvgIpc) is 2.63. The Morgan fingerprint density at radius 1 is 1.07 bits per heavy atom. The minimum Gasteiger partial charge on any atom is -0.124 e. The number of thiophene rings is 1. The van der Waals surface area contributed by atoms with E-state index in [1.54, 1.807) is 11.3 Å². The Kier molecular flexibility index (Phi) is 3.62. The minimum atomic E-state index is 0.821. The molecular weight excluding hydrogens is 292 g/mol. The van der Waals surface area contributed by atoms with Crippen molar-refractivity contribution in [2.75, 3.05) is 0 Å². The zero-order valence-electron chi connectivity index (χ0n) is 7.78. The number of halogens is 2. The maximum atomic E-state index is 5.85. The second kappa shape index (κ2) is 4.97. The summed E-state index contributed by atoms with van der Waals surface area (Å²) in [5.74, 6) is 0. The van der Waals surface area contributed by atoms with Crippen molar-refractivity contribution in [2.24, 2.45) is 0 Å². The van der Waals surface area contributed by atoms with E-state index >= 15 is 0 Å². The summed E-state index contributed by atoms with van der Waals surface area (Å²) >= 11 is 10.9. The largest absolute Gasteiger partial charge is 0.124 e. The van der Waals surface area contributed by atoms with Gasteiger partial charge in [0.2, 0.25) is 0 Å². The monoisotopic (exact) mass is 298 g/mol. The lowest BCUT2D eigenvalue weighted by Crippen LogP contribution is -1.72. The quantitative estimate of drug-likeness (QED) is 0.702. The van der Waals surface area contributed by atoms with Crippen LogP contribution in [0.5, 0.6) is 0 Å². The molecule has 0 aliphatic rings. The first-order valence-electron chi connectivity index (χ1n) is 4.43. The van der Waals surface area contributed by atoms with Crippen LogP contribution < -0.4 is 0 Å². The molecule has 0 N–H and O–H groups in total. The summed E-state index contributed by atoms with van der Waals surface area (Å²) in [7, 11) is 0. The van der Waals surface area contributed by atoms with Crippen LogP contribution in [0, 0.1) is 0 Å². The molecule has 0 aliphatic carbocycles. The fourth-order valence-corrected chi connectivity index (χ4v) is 2.58. The molecule has 0 spiro atoms. The van der Waals surface area contributed by atoms with Crippen LogP contribution in [0.1, 0.15) is 10.4 Å². The molecule has 1 heterocycles. The molecule has 2 aromatic rings. The van der Waals surface area contributed by atoms with Crippen LogP contribution in [0.25, 0.3) is 12.2 Å². The summed E-state index contributed by atoms with van der Waals surface area (Å²) in [6.45, 7) is 0. The van der Waals surface area contributed by atoms with Gasteiger partial charge in [-0.1, -0.05) is 51.8 Å². The molecule has 0 nitrogen and oxygen atoms in total. The Hall–Kier alpha value is -0.570. The Morgan fingerprint density at radius 2 is 1.87 bits per heavy atom. The Morgan fingerprint density at radius 3 is 2.53 bits per heavy atom. The summed E-state index contributed by atoms with van der Waals surface area (Å²) in [5, 5.41) is 0. The van der Waals surface area contributed by atoms with E-state index in [0.29, 0.717) is 0 Å². The maximum absolute atomic E-state index is 5.85. The summed E-state index contributed by atoms with van der Waals surface area (Å²) in [6, 6.07) is 12.0. The van der Waals surface area contributed by atoms with Gasteiger partial charge in [-0.25, -0.2) is 0 Å². The van der Waals surface area contributed by atoms with E-state index in [9.17, 15) is 0 Å². The van der Waals surface area contributed by atoms with Crippen LogP contribution in [0.4, 0.5) is 0 Å². The van der Waals surface area contributed by atoms with Crippen molar-refractivity contribution in [3.05, 3.63) is 55.6 Å². The topological polar surface area (TPSA) is 0 Å². The fourth-order valence-electron chi connectivity index (χ4n) is 1.20. The molecule has 0 atom stereocenters. The van der Waals surface area contributed by atoms with E-state index in [1.165, 1.54) is 5.56 Å². The molecule has 76 valence electrons. The second-order valence-corrected chi connectivity index (χ2v) is 5.60. The van der Waals surface area contributed by atoms with Gasteiger partial charge in [-0.2, -0.15) is 0 Å². The third-order valence-corrected chi connectivity index (χ3v) is 3.84. The van der Waals surface area contributed by atoms with E-state index in [1.807, 2.05) is 30.3 Å². The highest BCUT2D eigenvalue weighted by molar-refractivity contribution is 9.10. The number of benzene rings is 1. The van der Waals surface area contributed by atoms with Gasteiger partial charge in [0.25, 0.3) is 0 Å². The fraction of sp³-hybridized carbons (Fsp3) is 0. The van der Waals surface area contributed by atoms with Crippen molar-refractivity contribution >= 4 is 51.0 Å². The second-order valence-electron chi connectivity index (χ2n) is 3.00. The zero-order chi connectivity index (χ0) is 10.7. The summed E-state index contributed by atoms with van der Waals surface area (Å²) in [5.41, 5.74) is 1.17. The van der Waals surface area contributed by atoms with Gasteiger partial charge in [0.05, 0.1) is 4.34 Å². The average molecular weight is 300 g/mol. The molecule has 0 fully saturated rings. The number of hydrogen-bond acceptors (Lipinski definition) is 1. The smallest absolute Gasteiger partial charge is 0.0934 e. The van der Waals surface area contributed by atoms with Crippen molar-refractivity contribution in [3.8, 4) is 0 Å². The van der Waals surface area contributed by atoms with Crippen LogP contribution in [0.2, 0.25) is 4.34 Å². The summed E-state index contributed by atoms with van der Waals surface area (Å²) < 4.78 is 1.92. The summed E-state index contributed by atoms with van der Waals surface area (Å²) in [6.07, 6.45) is 4.14. The first-order valence-corrected chi connectivity index (χ1v) is 6.42. The highest BCUT2D eigenvalue weighted by Crippen LogP contribution is 2.24. The van der Waals surface area contributed by atoms with Gasteiger partial charge >= 0.3 is 0 Å². The van der Waals surface area contributed by atoms with Gasteiger partial charge in [0.15, 0.2) is 0 Å². The molecule has 15 heavy (non-hydrogen) atoms. The van der Waals surface area contributed by atoms with Crippen molar-refractivity contribution in [1.82, 2.24) is 0 Å². The molecule has 0 radical (unpaired) electrons. The van der Waals surface area contributed by atoms with E-state index in [4.69, 9.17) is 11.6 Å². The first kappa shape index (κ1) is 10.9. The van der Waals surface area contributed by atoms with Crippen LogP contribution in [0.3, 0.4) is 0 Å². The van der Waals surface area contributed by atoms with E-state index < -0.39 is 0 Å². The van der Waals surface area contributed by atoms with Crippen molar-refractivity contribution in [1.29, 1.82) is 0 Å². The van der Waals surface area contributed by atoms with E-state index in [-0.39, 0.29) is 0 Å². The molecule has 0 aliphatic heterocycles. The molecule has 0 bridgehead atoms. The van der Waals surface area contributed by atoms with Crippen LogP contribution >= 0.6 is 38.9 Å². The van der Waals surface area contributed by atoms with Gasteiger partial charge in [0.1, 0.15) is 0 Å². The molecule has 1 aromatic carbocycles. The first-order chi connectivity index (χ1) is 7.25. The normalized spacial score (nSPS) is 11.1. The van der Waals surface area contributed by atoms with Gasteiger partial charge in [-0.05, 0) is 29.8 Å². The third kappa shape index (κ3) is 2.94. The van der Waals surface area contributed by atoms with Gasteiger partial charge in [0, 0.05) is 9.35 Å². The van der Waals surface area contributed by atoms with Crippen LogP contribution in [0.15, 0.2) is 40.9 Å². The zero-order valence-corrected chi connectivity index (χ0v) is 10.9. The molecule has 1 aromatic heterocycles. The third-order valence-electron chi connectivity index (χ3n) is 1.93. The lowest BCUT2D eigenvalue weighted by Gasteiger charge is -1.95. The molecule has 0 amide bonds. The number of hydrogen-bond donors (Lipinski definition) is 0. The van der Waals surface area contributed by atoms with Crippen LogP contribution in [-0.2, 0) is 0 Å². The Bertz CT molecular complexity index is 488. The standard InChI is InChI=1S/C12H8BrClS/c13-11-4-2-1-3-9(11)5-6-10-7-8-12(14)15-10/h1-8H/b6-5+. The van der Waals surface area contributed by atoms with E-state index in [2.05, 4.69) is 34.1 Å². The predicted octanol–water partition coefficient (Wildman–Crippen LogP) is 5.33. The molecular formula is C12H8BrClS. The van der Waals surface area contributed by atoms with Crippen molar-refractivity contribution in [3.63, 3.8) is 0 Å². The molecule has 3 heteroatoms. The Labute approximate surface area is 106 Å². The lowest BCUT2D eigenvalue weighted by atomic mass is 10.2. The molecule has 0 saturated carbocycles. The lowest BCUT2D eigenvalue weighted by molar-refractivity contribution is 1.61. The van der Waals surface area contributed by atoms with Crippen molar-refractivity contribution in [2.45, 2.75) is 0 Å². The van der Waals surface area contributed by atoms with Crippen molar-refractivity contribution < 1.29 is 0 Å². The Balaban J connectivity index is 2.22.